The Morgan fingerprint density at radius 1 is 1.24 bits per heavy atom. The van der Waals surface area contributed by atoms with E-state index in [0.717, 1.165) is 18.8 Å². The number of nitriles is 1. The number of nitrogen functional groups attached to an aromatic ring is 1. The summed E-state index contributed by atoms with van der Waals surface area (Å²) in [6.45, 7) is 1.66. The van der Waals surface area contributed by atoms with E-state index in [-0.39, 0.29) is 11.5 Å². The van der Waals surface area contributed by atoms with Gasteiger partial charge < -0.3 is 30.9 Å². The molecule has 3 fully saturated rings. The second-order valence-corrected chi connectivity index (χ2v) is 9.63. The number of anilines is 5. The van der Waals surface area contributed by atoms with Crippen molar-refractivity contribution in [3.63, 3.8) is 0 Å². The summed E-state index contributed by atoms with van der Waals surface area (Å²) in [6, 6.07) is 5.66. The average Bonchev–Trinajstić information content (AvgIpc) is 2.73. The van der Waals surface area contributed by atoms with E-state index in [4.69, 9.17) is 10.5 Å². The number of likely N-dealkylation sites (N-methyl/N-ethyl adjacent to an activating group) is 2. The number of methoxy groups -OCH3 is 1. The molecule has 4 N–H and O–H groups in total. The zero-order valence-corrected chi connectivity index (χ0v) is 19.8. The molecule has 9 nitrogen and oxygen atoms in total. The van der Waals surface area contributed by atoms with Gasteiger partial charge in [0.25, 0.3) is 0 Å². The maximum Gasteiger partial charge on any atom is 0.244 e. The molecule has 2 bridgehead atoms. The number of benzene rings is 1. The van der Waals surface area contributed by atoms with Crippen molar-refractivity contribution in [2.45, 2.75) is 31.2 Å². The third-order valence-electron chi connectivity index (χ3n) is 6.72. The molecule has 0 atom stereocenters. The second kappa shape index (κ2) is 8.76. The van der Waals surface area contributed by atoms with Crippen LogP contribution in [0.15, 0.2) is 18.3 Å². The van der Waals surface area contributed by atoms with Crippen LogP contribution in [0.25, 0.3) is 0 Å². The average molecular weight is 473 g/mol. The van der Waals surface area contributed by atoms with Crippen molar-refractivity contribution in [1.29, 1.82) is 5.26 Å². The molecule has 1 aromatic carbocycles. The fourth-order valence-corrected chi connectivity index (χ4v) is 4.87. The molecule has 1 aromatic heterocycles. The lowest BCUT2D eigenvalue weighted by molar-refractivity contribution is -0.204. The van der Waals surface area contributed by atoms with Crippen LogP contribution in [0.5, 0.6) is 5.75 Å². The molecule has 3 saturated carbocycles. The Balaban J connectivity index is 1.53. The number of rotatable bonds is 10. The van der Waals surface area contributed by atoms with Gasteiger partial charge in [0.1, 0.15) is 23.2 Å². The zero-order valence-electron chi connectivity index (χ0n) is 19.8. The summed E-state index contributed by atoms with van der Waals surface area (Å²) in [6.07, 6.45) is 0.218. The van der Waals surface area contributed by atoms with E-state index in [1.54, 1.807) is 13.2 Å². The highest BCUT2D eigenvalue weighted by atomic mass is 19.3. The Morgan fingerprint density at radius 3 is 2.53 bits per heavy atom. The second-order valence-electron chi connectivity index (χ2n) is 9.63. The quantitative estimate of drug-likeness (QED) is 0.448. The van der Waals surface area contributed by atoms with Crippen molar-refractivity contribution in [1.82, 2.24) is 14.9 Å². The van der Waals surface area contributed by atoms with Crippen LogP contribution < -0.4 is 26.0 Å². The van der Waals surface area contributed by atoms with Crippen LogP contribution in [-0.4, -0.2) is 68.2 Å². The molecular formula is C23H30F2N8O. The van der Waals surface area contributed by atoms with E-state index in [0.29, 0.717) is 42.2 Å². The van der Waals surface area contributed by atoms with E-state index >= 15 is 0 Å². The number of nitrogens with zero attached hydrogens (tertiary/aromatic N) is 5. The fraction of sp³-hybridized carbons (Fsp3) is 0.522. The number of ether oxygens (including phenoxy) is 1. The molecule has 5 rings (SSSR count). The summed E-state index contributed by atoms with van der Waals surface area (Å²) in [7, 11) is 7.55. The van der Waals surface area contributed by atoms with Gasteiger partial charge in [-0.25, -0.2) is 13.8 Å². The zero-order chi connectivity index (χ0) is 24.7. The lowest BCUT2D eigenvalue weighted by atomic mass is 9.39. The van der Waals surface area contributed by atoms with Gasteiger partial charge in [-0.2, -0.15) is 10.2 Å². The fourth-order valence-electron chi connectivity index (χ4n) is 4.87. The van der Waals surface area contributed by atoms with E-state index in [1.807, 2.05) is 27.2 Å². The molecule has 2 aromatic rings. The number of aromatic nitrogens is 2. The van der Waals surface area contributed by atoms with Crippen LogP contribution in [0.4, 0.5) is 37.6 Å². The van der Waals surface area contributed by atoms with Gasteiger partial charge in [0.05, 0.1) is 30.4 Å². The molecule has 0 amide bonds. The highest BCUT2D eigenvalue weighted by Gasteiger charge is 2.72. The summed E-state index contributed by atoms with van der Waals surface area (Å²) in [4.78, 5) is 12.8. The van der Waals surface area contributed by atoms with Gasteiger partial charge in [-0.3, -0.25) is 0 Å². The third kappa shape index (κ3) is 4.25. The third-order valence-corrected chi connectivity index (χ3v) is 6.72. The van der Waals surface area contributed by atoms with Gasteiger partial charge in [-0.15, -0.1) is 0 Å². The Morgan fingerprint density at radius 2 is 1.94 bits per heavy atom. The predicted molar refractivity (Wildman–Crippen MR) is 128 cm³/mol. The van der Waals surface area contributed by atoms with Crippen molar-refractivity contribution in [3.8, 4) is 11.8 Å². The molecule has 34 heavy (non-hydrogen) atoms. The monoisotopic (exact) mass is 472 g/mol. The Bertz CT molecular complexity index is 1100. The largest absolute Gasteiger partial charge is 0.494 e. The van der Waals surface area contributed by atoms with Gasteiger partial charge in [-0.1, -0.05) is 0 Å². The van der Waals surface area contributed by atoms with Crippen LogP contribution in [0.3, 0.4) is 0 Å². The Labute approximate surface area is 197 Å². The molecule has 182 valence electrons. The number of nitrogens with one attached hydrogen (secondary N) is 2. The molecule has 1 heterocycles. The molecule has 0 unspecified atom stereocenters. The number of hydrogen-bond acceptors (Lipinski definition) is 9. The van der Waals surface area contributed by atoms with Gasteiger partial charge >= 0.3 is 0 Å². The Hall–Kier alpha value is -3.39. The first-order chi connectivity index (χ1) is 16.1. The summed E-state index contributed by atoms with van der Waals surface area (Å²) in [5.41, 5.74) is 7.25. The highest BCUT2D eigenvalue weighted by molar-refractivity contribution is 5.79. The van der Waals surface area contributed by atoms with Gasteiger partial charge in [-0.05, 0) is 39.4 Å². The molecule has 0 saturated heterocycles. The maximum atomic E-state index is 13.2. The maximum absolute atomic E-state index is 13.2. The number of alkyl halides is 2. The Kier molecular flexibility index (Phi) is 6.12. The van der Waals surface area contributed by atoms with Crippen molar-refractivity contribution in [2.75, 3.05) is 62.6 Å². The summed E-state index contributed by atoms with van der Waals surface area (Å²) < 4.78 is 31.9. The smallest absolute Gasteiger partial charge is 0.244 e. The standard InChI is InChI=1S/C23H30F2N8O/c1-32(2)5-6-33(3)17-8-18(34-4)16(7-15(17)27)29-21-28-10-14(9-26)19(30-21)31-23-11-22(12-23,13-23)20(24)25/h7-8,10,20H,5-6,11-13,27H2,1-4H3,(H2,28,29,30,31). The van der Waals surface area contributed by atoms with E-state index < -0.39 is 17.4 Å². The predicted octanol–water partition coefficient (Wildman–Crippen LogP) is 3.28. The molecule has 11 heteroatoms. The first-order valence-electron chi connectivity index (χ1n) is 11.0. The first-order valence-corrected chi connectivity index (χ1v) is 11.0. The van der Waals surface area contributed by atoms with E-state index in [2.05, 4.69) is 36.5 Å². The lowest BCUT2D eigenvalue weighted by Crippen LogP contribution is -2.73. The van der Waals surface area contributed by atoms with E-state index in [1.165, 1.54) is 6.20 Å². The van der Waals surface area contributed by atoms with Crippen molar-refractivity contribution in [2.24, 2.45) is 5.41 Å². The number of hydrogen-bond donors (Lipinski definition) is 3. The molecule has 3 aliphatic rings. The van der Waals surface area contributed by atoms with Crippen LogP contribution in [0.1, 0.15) is 24.8 Å². The number of nitrogens with two attached hydrogens (primary N) is 1. The topological polar surface area (TPSA) is 115 Å². The first kappa shape index (κ1) is 23.8. The van der Waals surface area contributed by atoms with E-state index in [9.17, 15) is 14.0 Å². The minimum Gasteiger partial charge on any atom is -0.494 e. The van der Waals surface area contributed by atoms with Crippen molar-refractivity contribution in [3.05, 3.63) is 23.9 Å². The molecular weight excluding hydrogens is 442 g/mol. The van der Waals surface area contributed by atoms with Gasteiger partial charge in [0.2, 0.25) is 12.4 Å². The van der Waals surface area contributed by atoms with Gasteiger partial charge in [0.15, 0.2) is 0 Å². The lowest BCUT2D eigenvalue weighted by Gasteiger charge is -2.70. The SMILES string of the molecule is COc1cc(N(C)CCN(C)C)c(N)cc1Nc1ncc(C#N)c(NC23CC(C(F)F)(C2)C3)n1. The minimum absolute atomic E-state index is 0.239. The molecule has 0 aliphatic heterocycles. The molecule has 3 aliphatic carbocycles. The van der Waals surface area contributed by atoms with Crippen molar-refractivity contribution >= 4 is 28.8 Å². The van der Waals surface area contributed by atoms with Crippen LogP contribution in [0.2, 0.25) is 0 Å². The molecule has 0 spiro atoms. The van der Waals surface area contributed by atoms with Crippen LogP contribution in [0, 0.1) is 16.7 Å². The van der Waals surface area contributed by atoms with Crippen molar-refractivity contribution < 1.29 is 13.5 Å². The summed E-state index contributed by atoms with van der Waals surface area (Å²) in [5, 5.41) is 15.8. The molecule has 0 radical (unpaired) electrons. The highest BCUT2D eigenvalue weighted by Crippen LogP contribution is 2.70. The van der Waals surface area contributed by atoms with Gasteiger partial charge in [0, 0.05) is 37.2 Å². The summed E-state index contributed by atoms with van der Waals surface area (Å²) >= 11 is 0. The van der Waals surface area contributed by atoms with Crippen LogP contribution in [-0.2, 0) is 0 Å². The minimum atomic E-state index is -2.32. The normalized spacial score (nSPS) is 22.6. The number of halogens is 2. The summed E-state index contributed by atoms with van der Waals surface area (Å²) in [5.74, 6) is 1.12. The van der Waals surface area contributed by atoms with Crippen LogP contribution >= 0.6 is 0 Å².